The minimum atomic E-state index is -0.472. The van der Waals surface area contributed by atoms with Gasteiger partial charge in [-0.3, -0.25) is 0 Å². The third kappa shape index (κ3) is 3.95. The summed E-state index contributed by atoms with van der Waals surface area (Å²) in [6, 6.07) is 86.9. The van der Waals surface area contributed by atoms with Crippen molar-refractivity contribution in [1.29, 1.82) is 0 Å². The third-order valence-corrected chi connectivity index (χ3v) is 15.2. The minimum absolute atomic E-state index is 0.472. The Hall–Kier alpha value is -8.20. The molecule has 2 atom stereocenters. The summed E-state index contributed by atoms with van der Waals surface area (Å²) in [5.74, 6) is 0. The Kier molecular flexibility index (Phi) is 6.58. The molecule has 0 bridgehead atoms. The lowest BCUT2D eigenvalue weighted by molar-refractivity contribution is 0.461. The van der Waals surface area contributed by atoms with Crippen LogP contribution in [-0.2, 0) is 10.8 Å². The first-order valence-electron chi connectivity index (χ1n) is 22.4. The summed E-state index contributed by atoms with van der Waals surface area (Å²) in [7, 11) is 0. The maximum atomic E-state index is 2.50. The van der Waals surface area contributed by atoms with Crippen molar-refractivity contribution in [2.45, 2.75) is 10.8 Å². The second-order valence-corrected chi connectivity index (χ2v) is 17.9. The van der Waals surface area contributed by atoms with E-state index in [0.29, 0.717) is 0 Å². The van der Waals surface area contributed by atoms with E-state index in [-0.39, 0.29) is 0 Å². The van der Waals surface area contributed by atoms with E-state index >= 15 is 0 Å². The molecule has 296 valence electrons. The molecule has 0 saturated carbocycles. The molecular weight excluding hydrogens is 773 g/mol. The molecule has 3 aliphatic carbocycles. The topological polar surface area (TPSA) is 8.17 Å². The van der Waals surface area contributed by atoms with Gasteiger partial charge in [-0.25, -0.2) is 0 Å². The molecule has 64 heavy (non-hydrogen) atoms. The highest BCUT2D eigenvalue weighted by molar-refractivity contribution is 6.20. The Bertz CT molecular complexity index is 3870. The van der Waals surface area contributed by atoms with Crippen molar-refractivity contribution in [3.05, 3.63) is 264 Å². The Balaban J connectivity index is 1.05. The van der Waals surface area contributed by atoms with Crippen molar-refractivity contribution >= 4 is 71.2 Å². The van der Waals surface area contributed by atoms with Crippen LogP contribution in [0.5, 0.6) is 0 Å². The lowest BCUT2D eigenvalue weighted by Gasteiger charge is -2.50. The molecule has 11 aromatic carbocycles. The van der Waals surface area contributed by atoms with E-state index in [4.69, 9.17) is 0 Å². The van der Waals surface area contributed by atoms with Crippen LogP contribution in [0.25, 0.3) is 70.9 Å². The highest BCUT2D eigenvalue weighted by Crippen LogP contribution is 2.75. The van der Waals surface area contributed by atoms with Gasteiger partial charge in [0, 0.05) is 38.6 Å². The van der Waals surface area contributed by atoms with Crippen LogP contribution in [0.1, 0.15) is 33.4 Å². The van der Waals surface area contributed by atoms with Crippen LogP contribution >= 0.6 is 0 Å². The molecule has 2 heteroatoms. The molecule has 0 fully saturated rings. The van der Waals surface area contributed by atoms with E-state index in [1.807, 2.05) is 0 Å². The number of anilines is 3. The molecule has 12 aromatic rings. The van der Waals surface area contributed by atoms with Crippen molar-refractivity contribution in [1.82, 2.24) is 4.57 Å². The number of hydrogen-bond acceptors (Lipinski definition) is 1. The van der Waals surface area contributed by atoms with Gasteiger partial charge in [-0.15, -0.1) is 0 Å². The third-order valence-electron chi connectivity index (χ3n) is 15.2. The van der Waals surface area contributed by atoms with Crippen molar-refractivity contribution in [3.63, 3.8) is 0 Å². The fourth-order valence-corrected chi connectivity index (χ4v) is 13.1. The molecule has 0 amide bonds. The van der Waals surface area contributed by atoms with Crippen LogP contribution in [0.3, 0.4) is 0 Å². The van der Waals surface area contributed by atoms with Gasteiger partial charge >= 0.3 is 0 Å². The Morgan fingerprint density at radius 1 is 0.328 bits per heavy atom. The Morgan fingerprint density at radius 3 is 1.62 bits per heavy atom. The van der Waals surface area contributed by atoms with E-state index < -0.39 is 10.8 Å². The Labute approximate surface area is 370 Å². The molecule has 1 heterocycles. The van der Waals surface area contributed by atoms with Crippen LogP contribution in [0.15, 0.2) is 231 Å². The smallest absolute Gasteiger partial charge is 0.0648 e. The zero-order valence-corrected chi connectivity index (χ0v) is 34.8. The van der Waals surface area contributed by atoms with Gasteiger partial charge in [-0.2, -0.15) is 0 Å². The number of aromatic nitrogens is 1. The maximum Gasteiger partial charge on any atom is 0.0648 e. The number of rotatable bonds is 4. The normalized spacial score (nSPS) is 17.5. The van der Waals surface area contributed by atoms with E-state index in [0.717, 1.165) is 17.1 Å². The predicted molar refractivity (Wildman–Crippen MR) is 266 cm³/mol. The van der Waals surface area contributed by atoms with Crippen LogP contribution in [0.4, 0.5) is 17.1 Å². The quantitative estimate of drug-likeness (QED) is 0.172. The monoisotopic (exact) mass is 810 g/mol. The SMILES string of the molecule is c1ccc(N(c2ccc3c(c2)c2ccc4ccccc4c2n3-c2ccccc2)c2ccc3c4c(cccc24)C24c5ccccc5-c5ccccc5C32c2cccc3cccc4c23)cc1. The van der Waals surface area contributed by atoms with Gasteiger partial charge in [0.25, 0.3) is 0 Å². The summed E-state index contributed by atoms with van der Waals surface area (Å²) < 4.78 is 2.45. The van der Waals surface area contributed by atoms with Gasteiger partial charge < -0.3 is 9.47 Å². The molecule has 2 unspecified atom stereocenters. The second-order valence-electron chi connectivity index (χ2n) is 17.9. The lowest BCUT2D eigenvalue weighted by Crippen LogP contribution is -2.48. The number of nitrogens with zero attached hydrogens (tertiary/aromatic N) is 2. The summed E-state index contributed by atoms with van der Waals surface area (Å²) in [5.41, 5.74) is 17.0. The average Bonchev–Trinajstić information content (AvgIpc) is 3.95. The number of para-hydroxylation sites is 2. The molecule has 15 rings (SSSR count). The second kappa shape index (κ2) is 12.2. The first kappa shape index (κ1) is 34.4. The van der Waals surface area contributed by atoms with Crippen LogP contribution < -0.4 is 4.90 Å². The first-order valence-corrected chi connectivity index (χ1v) is 22.4. The fraction of sp³-hybridized carbons (Fsp3) is 0.0323. The predicted octanol–water partition coefficient (Wildman–Crippen LogP) is 15.7. The van der Waals surface area contributed by atoms with Crippen molar-refractivity contribution < 1.29 is 0 Å². The summed E-state index contributed by atoms with van der Waals surface area (Å²) in [5, 5.41) is 10.3. The molecule has 0 saturated heterocycles. The van der Waals surface area contributed by atoms with Crippen molar-refractivity contribution in [2.24, 2.45) is 0 Å². The van der Waals surface area contributed by atoms with Crippen LogP contribution in [-0.4, -0.2) is 4.57 Å². The molecule has 0 spiro atoms. The van der Waals surface area contributed by atoms with Gasteiger partial charge in [0.1, 0.15) is 0 Å². The van der Waals surface area contributed by atoms with Gasteiger partial charge in [0.15, 0.2) is 0 Å². The van der Waals surface area contributed by atoms with E-state index in [1.165, 1.54) is 104 Å². The molecule has 0 N–H and O–H groups in total. The van der Waals surface area contributed by atoms with Gasteiger partial charge in [-0.05, 0) is 115 Å². The zero-order chi connectivity index (χ0) is 41.7. The summed E-state index contributed by atoms with van der Waals surface area (Å²) in [6.45, 7) is 0. The van der Waals surface area contributed by atoms with Crippen molar-refractivity contribution in [2.75, 3.05) is 4.90 Å². The van der Waals surface area contributed by atoms with E-state index in [2.05, 4.69) is 240 Å². The van der Waals surface area contributed by atoms with Gasteiger partial charge in [0.05, 0.1) is 27.6 Å². The minimum Gasteiger partial charge on any atom is -0.310 e. The highest BCUT2D eigenvalue weighted by atomic mass is 15.1. The van der Waals surface area contributed by atoms with Crippen molar-refractivity contribution in [3.8, 4) is 16.8 Å². The van der Waals surface area contributed by atoms with E-state index in [9.17, 15) is 0 Å². The molecule has 0 radical (unpaired) electrons. The van der Waals surface area contributed by atoms with Gasteiger partial charge in [0.2, 0.25) is 0 Å². The number of fused-ring (bicyclic) bond motifs is 8. The maximum absolute atomic E-state index is 2.50. The molecule has 1 aromatic heterocycles. The largest absolute Gasteiger partial charge is 0.310 e. The first-order chi connectivity index (χ1) is 31.8. The molecule has 3 aliphatic rings. The molecule has 0 aliphatic heterocycles. The number of hydrogen-bond donors (Lipinski definition) is 0. The summed E-state index contributed by atoms with van der Waals surface area (Å²) in [6.07, 6.45) is 0. The average molecular weight is 811 g/mol. The molecule has 2 nitrogen and oxygen atoms in total. The fourth-order valence-electron chi connectivity index (χ4n) is 13.1. The standard InChI is InChI=1S/C62H38N2/c1-3-19-41(20-4-1)63(43-33-36-57-49(38-43)47-34-32-39-16-7-8-23-44(39)60(47)64(57)42-21-5-2-6-22-42)56-37-35-55-59-48(56)26-15-31-54(59)61-50-27-11-9-24-45(50)46-25-10-12-28-51(46)62(55,61)53-30-14-18-40-17-13-29-52(61)58(40)53/h1-38H. The van der Waals surface area contributed by atoms with E-state index in [1.54, 1.807) is 0 Å². The zero-order valence-electron chi connectivity index (χ0n) is 34.8. The Morgan fingerprint density at radius 2 is 0.891 bits per heavy atom. The van der Waals surface area contributed by atoms with Crippen LogP contribution in [0.2, 0.25) is 0 Å². The number of benzene rings is 11. The van der Waals surface area contributed by atoms with Crippen LogP contribution in [0, 0.1) is 0 Å². The molecular formula is C62H38N2. The summed E-state index contributed by atoms with van der Waals surface area (Å²) >= 11 is 0. The highest BCUT2D eigenvalue weighted by Gasteiger charge is 2.69. The summed E-state index contributed by atoms with van der Waals surface area (Å²) in [4.78, 5) is 2.50. The lowest BCUT2D eigenvalue weighted by atomic mass is 9.50. The van der Waals surface area contributed by atoms with Gasteiger partial charge in [-0.1, -0.05) is 182 Å².